The molecule has 0 spiro atoms. The molecule has 1 rings (SSSR count). The zero-order valence-corrected chi connectivity index (χ0v) is 10.2. The fraction of sp³-hybridized carbons (Fsp3) is 0.455. The Morgan fingerprint density at radius 1 is 1.44 bits per heavy atom. The van der Waals surface area contributed by atoms with Crippen molar-refractivity contribution in [1.29, 1.82) is 0 Å². The third-order valence-electron chi connectivity index (χ3n) is 1.89. The van der Waals surface area contributed by atoms with Crippen LogP contribution in [0.4, 0.5) is 5.69 Å². The summed E-state index contributed by atoms with van der Waals surface area (Å²) < 4.78 is 5.22. The van der Waals surface area contributed by atoms with Crippen molar-refractivity contribution in [1.82, 2.24) is 10.3 Å². The van der Waals surface area contributed by atoms with E-state index in [1.165, 1.54) is 0 Å². The van der Waals surface area contributed by atoms with Gasteiger partial charge in [-0.05, 0) is 37.7 Å². The van der Waals surface area contributed by atoms with Crippen LogP contribution in [-0.4, -0.2) is 29.9 Å². The van der Waals surface area contributed by atoms with Crippen LogP contribution in [0.2, 0.25) is 0 Å². The van der Waals surface area contributed by atoms with Gasteiger partial charge in [0.15, 0.2) is 5.11 Å². The molecule has 0 saturated heterocycles. The Hall–Kier alpha value is -1.20. The van der Waals surface area contributed by atoms with Gasteiger partial charge >= 0.3 is 0 Å². The number of thiocarbonyl (C=S) groups is 1. The number of nitrogens with zero attached hydrogens (tertiary/aromatic N) is 1. The maximum absolute atomic E-state index is 5.22. The summed E-state index contributed by atoms with van der Waals surface area (Å²) in [7, 11) is 0. The van der Waals surface area contributed by atoms with Crippen molar-refractivity contribution < 1.29 is 4.74 Å². The average Bonchev–Trinajstić information content (AvgIpc) is 2.30. The largest absolute Gasteiger partial charge is 0.382 e. The standard InChI is InChI=1S/C11H17N3OS/c1-2-15-9-3-6-13-11(16)14-10-4-7-12-8-5-10/h4-5,7-8H,2-3,6,9H2,1H3,(H2,12,13,14,16). The van der Waals surface area contributed by atoms with Gasteiger partial charge in [0, 0.05) is 37.8 Å². The molecule has 0 aliphatic rings. The van der Waals surface area contributed by atoms with Gasteiger partial charge in [0.2, 0.25) is 0 Å². The van der Waals surface area contributed by atoms with Gasteiger partial charge in [-0.1, -0.05) is 0 Å². The number of anilines is 1. The van der Waals surface area contributed by atoms with Crippen molar-refractivity contribution in [3.8, 4) is 0 Å². The summed E-state index contributed by atoms with van der Waals surface area (Å²) in [5, 5.41) is 6.81. The summed E-state index contributed by atoms with van der Waals surface area (Å²) in [6.07, 6.45) is 4.39. The quantitative estimate of drug-likeness (QED) is 0.585. The minimum Gasteiger partial charge on any atom is -0.382 e. The Balaban J connectivity index is 2.12. The molecule has 0 aliphatic carbocycles. The average molecular weight is 239 g/mol. The van der Waals surface area contributed by atoms with Crippen molar-refractivity contribution in [3.05, 3.63) is 24.5 Å². The molecule has 2 N–H and O–H groups in total. The first-order chi connectivity index (χ1) is 7.83. The zero-order chi connectivity index (χ0) is 11.6. The molecule has 5 heteroatoms. The minimum absolute atomic E-state index is 0.627. The van der Waals surface area contributed by atoms with E-state index < -0.39 is 0 Å². The number of hydrogen-bond acceptors (Lipinski definition) is 3. The fourth-order valence-electron chi connectivity index (χ4n) is 1.13. The van der Waals surface area contributed by atoms with Crippen LogP contribution >= 0.6 is 12.2 Å². The van der Waals surface area contributed by atoms with E-state index in [1.807, 2.05) is 19.1 Å². The topological polar surface area (TPSA) is 46.2 Å². The number of aromatic nitrogens is 1. The molecule has 0 atom stereocenters. The summed E-state index contributed by atoms with van der Waals surface area (Å²) in [6, 6.07) is 3.74. The zero-order valence-electron chi connectivity index (χ0n) is 9.40. The van der Waals surface area contributed by atoms with Crippen LogP contribution in [0.15, 0.2) is 24.5 Å². The summed E-state index contributed by atoms with van der Waals surface area (Å²) in [4.78, 5) is 3.93. The number of hydrogen-bond donors (Lipinski definition) is 2. The van der Waals surface area contributed by atoms with Gasteiger partial charge in [0.05, 0.1) is 0 Å². The Morgan fingerprint density at radius 2 is 2.19 bits per heavy atom. The van der Waals surface area contributed by atoms with Gasteiger partial charge in [0.1, 0.15) is 0 Å². The minimum atomic E-state index is 0.627. The molecule has 0 aromatic carbocycles. The van der Waals surface area contributed by atoms with E-state index in [4.69, 9.17) is 17.0 Å². The maximum Gasteiger partial charge on any atom is 0.170 e. The van der Waals surface area contributed by atoms with Crippen LogP contribution in [0, 0.1) is 0 Å². The molecular weight excluding hydrogens is 222 g/mol. The normalized spacial score (nSPS) is 9.81. The van der Waals surface area contributed by atoms with Crippen molar-refractivity contribution in [2.75, 3.05) is 25.1 Å². The second-order valence-electron chi connectivity index (χ2n) is 3.17. The van der Waals surface area contributed by atoms with Crippen molar-refractivity contribution in [3.63, 3.8) is 0 Å². The molecular formula is C11H17N3OS. The van der Waals surface area contributed by atoms with Crippen LogP contribution in [0.5, 0.6) is 0 Å². The first-order valence-corrected chi connectivity index (χ1v) is 5.76. The molecule has 88 valence electrons. The van der Waals surface area contributed by atoms with Crippen LogP contribution < -0.4 is 10.6 Å². The SMILES string of the molecule is CCOCCCNC(=S)Nc1ccncc1. The number of pyridine rings is 1. The highest BCUT2D eigenvalue weighted by atomic mass is 32.1. The van der Waals surface area contributed by atoms with E-state index in [2.05, 4.69) is 15.6 Å². The van der Waals surface area contributed by atoms with E-state index in [9.17, 15) is 0 Å². The van der Waals surface area contributed by atoms with Gasteiger partial charge in [-0.2, -0.15) is 0 Å². The van der Waals surface area contributed by atoms with Gasteiger partial charge in [-0.3, -0.25) is 4.98 Å². The molecule has 4 nitrogen and oxygen atoms in total. The van der Waals surface area contributed by atoms with Crippen LogP contribution in [-0.2, 0) is 4.74 Å². The molecule has 0 fully saturated rings. The summed E-state index contributed by atoms with van der Waals surface area (Å²) in [6.45, 7) is 4.33. The molecule has 16 heavy (non-hydrogen) atoms. The van der Waals surface area contributed by atoms with Crippen LogP contribution in [0.1, 0.15) is 13.3 Å². The Morgan fingerprint density at radius 3 is 2.88 bits per heavy atom. The highest BCUT2D eigenvalue weighted by Crippen LogP contribution is 2.02. The molecule has 0 aliphatic heterocycles. The molecule has 0 amide bonds. The monoisotopic (exact) mass is 239 g/mol. The maximum atomic E-state index is 5.22. The predicted molar refractivity (Wildman–Crippen MR) is 69.6 cm³/mol. The predicted octanol–water partition coefficient (Wildman–Crippen LogP) is 1.79. The van der Waals surface area contributed by atoms with Crippen LogP contribution in [0.25, 0.3) is 0 Å². The number of rotatable bonds is 6. The molecule has 1 heterocycles. The van der Waals surface area contributed by atoms with Crippen molar-refractivity contribution in [2.45, 2.75) is 13.3 Å². The highest BCUT2D eigenvalue weighted by Gasteiger charge is 1.95. The summed E-state index contributed by atoms with van der Waals surface area (Å²) in [5.41, 5.74) is 0.942. The lowest BCUT2D eigenvalue weighted by molar-refractivity contribution is 0.146. The van der Waals surface area contributed by atoms with E-state index in [1.54, 1.807) is 12.4 Å². The molecule has 1 aromatic rings. The van der Waals surface area contributed by atoms with E-state index in [0.717, 1.165) is 31.9 Å². The Bertz CT molecular complexity index is 305. The lowest BCUT2D eigenvalue weighted by atomic mass is 10.4. The van der Waals surface area contributed by atoms with Gasteiger partial charge in [-0.15, -0.1) is 0 Å². The van der Waals surface area contributed by atoms with Gasteiger partial charge in [0.25, 0.3) is 0 Å². The molecule has 0 bridgehead atoms. The Labute approximate surface area is 101 Å². The summed E-state index contributed by atoms with van der Waals surface area (Å²) >= 11 is 5.13. The second-order valence-corrected chi connectivity index (χ2v) is 3.58. The molecule has 0 saturated carbocycles. The first-order valence-electron chi connectivity index (χ1n) is 5.35. The highest BCUT2D eigenvalue weighted by molar-refractivity contribution is 7.80. The Kier molecular flexibility index (Phi) is 6.44. The molecule has 0 unspecified atom stereocenters. The van der Waals surface area contributed by atoms with Crippen molar-refractivity contribution in [2.24, 2.45) is 0 Å². The third kappa shape index (κ3) is 5.63. The van der Waals surface area contributed by atoms with Crippen molar-refractivity contribution >= 4 is 23.0 Å². The fourth-order valence-corrected chi connectivity index (χ4v) is 1.35. The third-order valence-corrected chi connectivity index (χ3v) is 2.14. The summed E-state index contributed by atoms with van der Waals surface area (Å²) in [5.74, 6) is 0. The van der Waals surface area contributed by atoms with E-state index >= 15 is 0 Å². The van der Waals surface area contributed by atoms with E-state index in [0.29, 0.717) is 5.11 Å². The number of ether oxygens (including phenoxy) is 1. The second kappa shape index (κ2) is 8.01. The smallest absolute Gasteiger partial charge is 0.170 e. The lowest BCUT2D eigenvalue weighted by Gasteiger charge is -2.09. The first kappa shape index (κ1) is 12.9. The van der Waals surface area contributed by atoms with E-state index in [-0.39, 0.29) is 0 Å². The molecule has 0 radical (unpaired) electrons. The molecule has 1 aromatic heterocycles. The number of nitrogens with one attached hydrogen (secondary N) is 2. The van der Waals surface area contributed by atoms with Crippen LogP contribution in [0.3, 0.4) is 0 Å². The van der Waals surface area contributed by atoms with Gasteiger partial charge in [-0.25, -0.2) is 0 Å². The lowest BCUT2D eigenvalue weighted by Crippen LogP contribution is -2.29. The van der Waals surface area contributed by atoms with Gasteiger partial charge < -0.3 is 15.4 Å².